The molecule has 0 radical (unpaired) electrons. The summed E-state index contributed by atoms with van der Waals surface area (Å²) in [6, 6.07) is 0.537. The van der Waals surface area contributed by atoms with E-state index in [1.165, 1.54) is 0 Å². The molecule has 17 heavy (non-hydrogen) atoms. The van der Waals surface area contributed by atoms with Crippen LogP contribution < -0.4 is 11.1 Å². The molecule has 1 spiro atoms. The molecule has 2 heterocycles. The fourth-order valence-electron chi connectivity index (χ4n) is 2.80. The largest absolute Gasteiger partial charge is 0.378 e. The highest BCUT2D eigenvalue weighted by Crippen LogP contribution is 2.32. The molecule has 3 N–H and O–H groups in total. The number of hydrogen-bond acceptors (Lipinski definition) is 4. The maximum absolute atomic E-state index is 10.8. The van der Waals surface area contributed by atoms with E-state index in [-0.39, 0.29) is 17.6 Å². The van der Waals surface area contributed by atoms with Gasteiger partial charge in [-0.3, -0.25) is 4.79 Å². The zero-order chi connectivity index (χ0) is 12.3. The molecule has 0 aromatic rings. The second-order valence-electron chi connectivity index (χ2n) is 5.26. The molecule has 0 saturated carbocycles. The SMILES string of the molecule is CC(CC(N)=O)NC1CCOC2(CCOC2)C1. The van der Waals surface area contributed by atoms with Crippen LogP contribution in [0.5, 0.6) is 0 Å². The van der Waals surface area contributed by atoms with E-state index in [9.17, 15) is 4.79 Å². The van der Waals surface area contributed by atoms with Gasteiger partial charge in [-0.1, -0.05) is 0 Å². The van der Waals surface area contributed by atoms with E-state index in [4.69, 9.17) is 15.2 Å². The third kappa shape index (κ3) is 3.40. The van der Waals surface area contributed by atoms with Gasteiger partial charge in [0.25, 0.3) is 0 Å². The van der Waals surface area contributed by atoms with Crippen LogP contribution in [0.1, 0.15) is 32.6 Å². The first-order chi connectivity index (χ1) is 8.10. The van der Waals surface area contributed by atoms with Gasteiger partial charge in [-0.25, -0.2) is 0 Å². The summed E-state index contributed by atoms with van der Waals surface area (Å²) in [4.78, 5) is 10.8. The summed E-state index contributed by atoms with van der Waals surface area (Å²) in [5.41, 5.74) is 5.11. The van der Waals surface area contributed by atoms with E-state index in [2.05, 4.69) is 5.32 Å². The number of carbonyl (C=O) groups excluding carboxylic acids is 1. The van der Waals surface area contributed by atoms with Crippen molar-refractivity contribution in [3.05, 3.63) is 0 Å². The molecular weight excluding hydrogens is 220 g/mol. The van der Waals surface area contributed by atoms with Crippen molar-refractivity contribution in [2.45, 2.75) is 50.3 Å². The zero-order valence-corrected chi connectivity index (χ0v) is 10.4. The monoisotopic (exact) mass is 242 g/mol. The predicted octanol–water partition coefficient (Wildman–Crippen LogP) is 0.178. The molecule has 2 rings (SSSR count). The van der Waals surface area contributed by atoms with Gasteiger partial charge in [-0.15, -0.1) is 0 Å². The molecule has 0 aliphatic carbocycles. The first-order valence-electron chi connectivity index (χ1n) is 6.36. The van der Waals surface area contributed by atoms with Crippen molar-refractivity contribution in [2.24, 2.45) is 5.73 Å². The van der Waals surface area contributed by atoms with Crippen LogP contribution in [0.4, 0.5) is 0 Å². The third-order valence-corrected chi connectivity index (χ3v) is 3.59. The summed E-state index contributed by atoms with van der Waals surface area (Å²) in [6.45, 7) is 4.27. The molecule has 1 amide bonds. The Bertz CT molecular complexity index is 277. The Hall–Kier alpha value is -0.650. The molecule has 0 aromatic heterocycles. The van der Waals surface area contributed by atoms with Gasteiger partial charge < -0.3 is 20.5 Å². The van der Waals surface area contributed by atoms with Crippen molar-refractivity contribution in [2.75, 3.05) is 19.8 Å². The van der Waals surface area contributed by atoms with Crippen LogP contribution in [0.15, 0.2) is 0 Å². The van der Waals surface area contributed by atoms with Crippen LogP contribution in [0.2, 0.25) is 0 Å². The Labute approximate surface area is 102 Å². The van der Waals surface area contributed by atoms with Gasteiger partial charge in [-0.2, -0.15) is 0 Å². The number of rotatable bonds is 4. The van der Waals surface area contributed by atoms with Crippen molar-refractivity contribution in [1.29, 1.82) is 0 Å². The highest BCUT2D eigenvalue weighted by molar-refractivity contribution is 5.74. The van der Waals surface area contributed by atoms with Crippen molar-refractivity contribution in [3.63, 3.8) is 0 Å². The first-order valence-corrected chi connectivity index (χ1v) is 6.36. The number of hydrogen-bond donors (Lipinski definition) is 2. The fourth-order valence-corrected chi connectivity index (χ4v) is 2.80. The second-order valence-corrected chi connectivity index (χ2v) is 5.26. The van der Waals surface area contributed by atoms with Crippen molar-refractivity contribution in [1.82, 2.24) is 5.32 Å². The van der Waals surface area contributed by atoms with E-state index < -0.39 is 0 Å². The van der Waals surface area contributed by atoms with Crippen molar-refractivity contribution < 1.29 is 14.3 Å². The van der Waals surface area contributed by atoms with E-state index >= 15 is 0 Å². The van der Waals surface area contributed by atoms with Crippen LogP contribution >= 0.6 is 0 Å². The maximum Gasteiger partial charge on any atom is 0.218 e. The molecule has 2 fully saturated rings. The Balaban J connectivity index is 1.83. The molecule has 3 unspecified atom stereocenters. The van der Waals surface area contributed by atoms with Gasteiger partial charge in [0, 0.05) is 38.1 Å². The second kappa shape index (κ2) is 5.33. The van der Waals surface area contributed by atoms with Crippen LogP contribution in [-0.4, -0.2) is 43.4 Å². The van der Waals surface area contributed by atoms with E-state index in [1.807, 2.05) is 6.92 Å². The molecule has 5 nitrogen and oxygen atoms in total. The Kier molecular flexibility index (Phi) is 4.01. The summed E-state index contributed by atoms with van der Waals surface area (Å²) in [5, 5.41) is 3.46. The summed E-state index contributed by atoms with van der Waals surface area (Å²) in [7, 11) is 0. The first kappa shape index (κ1) is 12.8. The molecule has 2 saturated heterocycles. The van der Waals surface area contributed by atoms with Crippen molar-refractivity contribution >= 4 is 5.91 Å². The minimum Gasteiger partial charge on any atom is -0.378 e. The number of nitrogens with one attached hydrogen (secondary N) is 1. The Morgan fingerprint density at radius 2 is 2.41 bits per heavy atom. The molecule has 0 bridgehead atoms. The van der Waals surface area contributed by atoms with Gasteiger partial charge in [0.15, 0.2) is 0 Å². The van der Waals surface area contributed by atoms with Crippen molar-refractivity contribution in [3.8, 4) is 0 Å². The molecule has 2 aliphatic heterocycles. The molecule has 98 valence electrons. The van der Waals surface area contributed by atoms with E-state index in [0.29, 0.717) is 19.1 Å². The zero-order valence-electron chi connectivity index (χ0n) is 10.4. The lowest BCUT2D eigenvalue weighted by Crippen LogP contribution is -2.50. The molecule has 3 atom stereocenters. The van der Waals surface area contributed by atoms with E-state index in [1.54, 1.807) is 0 Å². The fraction of sp³-hybridized carbons (Fsp3) is 0.917. The van der Waals surface area contributed by atoms with E-state index in [0.717, 1.165) is 32.5 Å². The van der Waals surface area contributed by atoms with Crippen LogP contribution in [0.3, 0.4) is 0 Å². The summed E-state index contributed by atoms with van der Waals surface area (Å²) >= 11 is 0. The molecule has 0 aromatic carbocycles. The summed E-state index contributed by atoms with van der Waals surface area (Å²) in [5.74, 6) is -0.254. The maximum atomic E-state index is 10.8. The average Bonchev–Trinajstić information content (AvgIpc) is 2.64. The van der Waals surface area contributed by atoms with Crippen LogP contribution in [0, 0.1) is 0 Å². The lowest BCUT2D eigenvalue weighted by atomic mass is 9.89. The van der Waals surface area contributed by atoms with Gasteiger partial charge in [0.05, 0.1) is 12.2 Å². The standard InChI is InChI=1S/C12H22N2O3/c1-9(6-11(13)15)14-10-2-4-17-12(7-10)3-5-16-8-12/h9-10,14H,2-8H2,1H3,(H2,13,15). The molecule has 5 heteroatoms. The number of primary amides is 1. The molecule has 2 aliphatic rings. The molecular formula is C12H22N2O3. The summed E-state index contributed by atoms with van der Waals surface area (Å²) in [6.07, 6.45) is 3.33. The van der Waals surface area contributed by atoms with Gasteiger partial charge in [0.1, 0.15) is 0 Å². The van der Waals surface area contributed by atoms with Gasteiger partial charge in [0.2, 0.25) is 5.91 Å². The summed E-state index contributed by atoms with van der Waals surface area (Å²) < 4.78 is 11.3. The predicted molar refractivity (Wildman–Crippen MR) is 63.6 cm³/mol. The Morgan fingerprint density at radius 1 is 1.59 bits per heavy atom. The van der Waals surface area contributed by atoms with Gasteiger partial charge in [-0.05, 0) is 19.8 Å². The lowest BCUT2D eigenvalue weighted by Gasteiger charge is -2.38. The minimum absolute atomic E-state index is 0.0810. The number of amides is 1. The quantitative estimate of drug-likeness (QED) is 0.737. The van der Waals surface area contributed by atoms with Crippen LogP contribution in [-0.2, 0) is 14.3 Å². The van der Waals surface area contributed by atoms with Crippen LogP contribution in [0.25, 0.3) is 0 Å². The normalized spacial score (nSPS) is 35.0. The minimum atomic E-state index is -0.254. The van der Waals surface area contributed by atoms with Gasteiger partial charge >= 0.3 is 0 Å². The number of carbonyl (C=O) groups is 1. The number of ether oxygens (including phenoxy) is 2. The smallest absolute Gasteiger partial charge is 0.218 e. The average molecular weight is 242 g/mol. The lowest BCUT2D eigenvalue weighted by molar-refractivity contribution is -0.118. The highest BCUT2D eigenvalue weighted by Gasteiger charge is 2.41. The Morgan fingerprint density at radius 3 is 3.06 bits per heavy atom. The topological polar surface area (TPSA) is 73.6 Å². The number of nitrogens with two attached hydrogens (primary N) is 1. The third-order valence-electron chi connectivity index (χ3n) is 3.59. The highest BCUT2D eigenvalue weighted by atomic mass is 16.6.